The fourth-order valence-corrected chi connectivity index (χ4v) is 3.04. The van der Waals surface area contributed by atoms with Gasteiger partial charge in [-0.25, -0.2) is 5.48 Å². The molecule has 3 atom stereocenters. The lowest BCUT2D eigenvalue weighted by atomic mass is 9.85. The number of hydrogen-bond acceptors (Lipinski definition) is 5. The highest BCUT2D eigenvalue weighted by molar-refractivity contribution is 5.91. The molecule has 8 nitrogen and oxygen atoms in total. The van der Waals surface area contributed by atoms with Gasteiger partial charge >= 0.3 is 0 Å². The van der Waals surface area contributed by atoms with Crippen molar-refractivity contribution in [3.05, 3.63) is 35.4 Å². The van der Waals surface area contributed by atoms with E-state index < -0.39 is 29.7 Å². The fourth-order valence-electron chi connectivity index (χ4n) is 3.04. The fraction of sp³-hybridized carbons (Fsp3) is 0.550. The quantitative estimate of drug-likeness (QED) is 0.296. The SMILES string of the molecule is CNC(=O)[C@H](Cc1ccc(CN)cc1)NC(=O)[C@H](CC(C)C)C(C)C(=O)NO. The van der Waals surface area contributed by atoms with Crippen LogP contribution in [0.4, 0.5) is 0 Å². The monoisotopic (exact) mass is 392 g/mol. The molecule has 156 valence electrons. The molecule has 1 rings (SSSR count). The largest absolute Gasteiger partial charge is 0.357 e. The minimum Gasteiger partial charge on any atom is -0.357 e. The Bertz CT molecular complexity index is 661. The topological polar surface area (TPSA) is 134 Å². The molecule has 6 N–H and O–H groups in total. The van der Waals surface area contributed by atoms with Gasteiger partial charge in [0.1, 0.15) is 6.04 Å². The average molecular weight is 393 g/mol. The number of hydroxylamine groups is 1. The first-order chi connectivity index (χ1) is 13.2. The van der Waals surface area contributed by atoms with E-state index in [1.807, 2.05) is 38.1 Å². The minimum atomic E-state index is -0.778. The Morgan fingerprint density at radius 1 is 1.00 bits per heavy atom. The van der Waals surface area contributed by atoms with Crippen LogP contribution in [0.25, 0.3) is 0 Å². The summed E-state index contributed by atoms with van der Waals surface area (Å²) in [7, 11) is 1.51. The third kappa shape index (κ3) is 6.94. The number of carbonyl (C=O) groups is 3. The predicted octanol–water partition coefficient (Wildman–Crippen LogP) is 0.722. The zero-order valence-electron chi connectivity index (χ0n) is 17.0. The maximum Gasteiger partial charge on any atom is 0.246 e. The minimum absolute atomic E-state index is 0.159. The maximum absolute atomic E-state index is 12.9. The van der Waals surface area contributed by atoms with Gasteiger partial charge in [0.15, 0.2) is 0 Å². The molecule has 0 aliphatic rings. The zero-order valence-corrected chi connectivity index (χ0v) is 17.0. The molecule has 0 saturated carbocycles. The summed E-state index contributed by atoms with van der Waals surface area (Å²) in [6.07, 6.45) is 0.761. The molecule has 0 aliphatic heterocycles. The molecular formula is C20H32N4O4. The van der Waals surface area contributed by atoms with Gasteiger partial charge in [-0.1, -0.05) is 45.0 Å². The second-order valence-electron chi connectivity index (χ2n) is 7.40. The van der Waals surface area contributed by atoms with Crippen molar-refractivity contribution in [3.8, 4) is 0 Å². The summed E-state index contributed by atoms with van der Waals surface area (Å²) in [6, 6.07) is 6.73. The van der Waals surface area contributed by atoms with Crippen molar-refractivity contribution in [2.45, 2.75) is 46.2 Å². The van der Waals surface area contributed by atoms with E-state index in [-0.39, 0.29) is 11.8 Å². The highest BCUT2D eigenvalue weighted by atomic mass is 16.5. The number of nitrogens with two attached hydrogens (primary N) is 1. The van der Waals surface area contributed by atoms with Gasteiger partial charge in [-0.3, -0.25) is 19.6 Å². The normalized spacial score (nSPS) is 14.1. The van der Waals surface area contributed by atoms with E-state index in [0.717, 1.165) is 11.1 Å². The number of nitrogens with one attached hydrogen (secondary N) is 3. The summed E-state index contributed by atoms with van der Waals surface area (Å²) in [4.78, 5) is 37.0. The molecule has 0 bridgehead atoms. The molecule has 1 aromatic carbocycles. The van der Waals surface area contributed by atoms with Crippen molar-refractivity contribution < 1.29 is 19.6 Å². The number of likely N-dealkylation sites (N-methyl/N-ethyl adjacent to an activating group) is 1. The van der Waals surface area contributed by atoms with Gasteiger partial charge in [-0.15, -0.1) is 0 Å². The molecule has 0 fully saturated rings. The summed E-state index contributed by atoms with van der Waals surface area (Å²) < 4.78 is 0. The van der Waals surface area contributed by atoms with Crippen molar-refractivity contribution in [2.75, 3.05) is 7.05 Å². The third-order valence-electron chi connectivity index (χ3n) is 4.77. The number of amides is 3. The number of hydrogen-bond donors (Lipinski definition) is 5. The zero-order chi connectivity index (χ0) is 21.3. The van der Waals surface area contributed by atoms with E-state index in [0.29, 0.717) is 19.4 Å². The standard InChI is InChI=1S/C20H32N4O4/c1-12(2)9-16(13(3)18(25)24-28)19(26)23-17(20(27)22-4)10-14-5-7-15(11-21)8-6-14/h5-8,12-13,16-17,28H,9-11,21H2,1-4H3,(H,22,27)(H,23,26)(H,24,25)/t13?,16-,17+/m1/s1. The van der Waals surface area contributed by atoms with Crippen molar-refractivity contribution in [2.24, 2.45) is 23.5 Å². The molecule has 3 amide bonds. The van der Waals surface area contributed by atoms with Crippen LogP contribution < -0.4 is 21.8 Å². The van der Waals surface area contributed by atoms with Crippen LogP contribution in [-0.2, 0) is 27.3 Å². The number of benzene rings is 1. The third-order valence-corrected chi connectivity index (χ3v) is 4.77. The molecule has 0 aliphatic carbocycles. The van der Waals surface area contributed by atoms with E-state index in [2.05, 4.69) is 10.6 Å². The average Bonchev–Trinajstić information content (AvgIpc) is 2.69. The van der Waals surface area contributed by atoms with Gasteiger partial charge in [0.2, 0.25) is 17.7 Å². The Kier molecular flexibility index (Phi) is 9.61. The Morgan fingerprint density at radius 3 is 2.04 bits per heavy atom. The second-order valence-corrected chi connectivity index (χ2v) is 7.40. The van der Waals surface area contributed by atoms with E-state index in [1.165, 1.54) is 7.05 Å². The Hall–Kier alpha value is -2.45. The van der Waals surface area contributed by atoms with E-state index in [4.69, 9.17) is 10.9 Å². The summed E-state index contributed by atoms with van der Waals surface area (Å²) >= 11 is 0. The molecule has 0 radical (unpaired) electrons. The van der Waals surface area contributed by atoms with Gasteiger partial charge in [0, 0.05) is 31.8 Å². The van der Waals surface area contributed by atoms with E-state index in [9.17, 15) is 14.4 Å². The molecule has 1 aromatic rings. The first-order valence-electron chi connectivity index (χ1n) is 9.47. The summed E-state index contributed by atoms with van der Waals surface area (Å²) in [5.74, 6) is -2.59. The molecule has 28 heavy (non-hydrogen) atoms. The second kappa shape index (κ2) is 11.4. The first-order valence-corrected chi connectivity index (χ1v) is 9.47. The van der Waals surface area contributed by atoms with Crippen LogP contribution in [0.15, 0.2) is 24.3 Å². The molecule has 0 heterocycles. The van der Waals surface area contributed by atoms with Gasteiger partial charge in [0.25, 0.3) is 0 Å². The van der Waals surface area contributed by atoms with Crippen molar-refractivity contribution in [1.29, 1.82) is 0 Å². The molecule has 1 unspecified atom stereocenters. The lowest BCUT2D eigenvalue weighted by molar-refractivity contribution is -0.141. The van der Waals surface area contributed by atoms with Gasteiger partial charge in [0.05, 0.1) is 0 Å². The van der Waals surface area contributed by atoms with E-state index in [1.54, 1.807) is 12.4 Å². The Morgan fingerprint density at radius 2 is 1.57 bits per heavy atom. The van der Waals surface area contributed by atoms with Gasteiger partial charge < -0.3 is 16.4 Å². The molecule has 0 spiro atoms. The van der Waals surface area contributed by atoms with Crippen LogP contribution in [0.3, 0.4) is 0 Å². The van der Waals surface area contributed by atoms with Crippen LogP contribution in [0, 0.1) is 17.8 Å². The Balaban J connectivity index is 2.98. The number of rotatable bonds is 10. The lowest BCUT2D eigenvalue weighted by Crippen LogP contribution is -2.50. The van der Waals surface area contributed by atoms with Crippen LogP contribution in [0.5, 0.6) is 0 Å². The molecule has 8 heteroatoms. The molecular weight excluding hydrogens is 360 g/mol. The number of carbonyl (C=O) groups excluding carboxylic acids is 3. The van der Waals surface area contributed by atoms with Crippen molar-refractivity contribution in [3.63, 3.8) is 0 Å². The van der Waals surface area contributed by atoms with Crippen LogP contribution in [-0.4, -0.2) is 36.0 Å². The van der Waals surface area contributed by atoms with Crippen LogP contribution >= 0.6 is 0 Å². The smallest absolute Gasteiger partial charge is 0.246 e. The first kappa shape index (κ1) is 23.6. The summed E-state index contributed by atoms with van der Waals surface area (Å²) in [5.41, 5.74) is 9.06. The van der Waals surface area contributed by atoms with Gasteiger partial charge in [-0.2, -0.15) is 0 Å². The van der Waals surface area contributed by atoms with Crippen molar-refractivity contribution in [1.82, 2.24) is 16.1 Å². The van der Waals surface area contributed by atoms with Crippen molar-refractivity contribution >= 4 is 17.7 Å². The highest BCUT2D eigenvalue weighted by Crippen LogP contribution is 2.22. The molecule has 0 saturated heterocycles. The highest BCUT2D eigenvalue weighted by Gasteiger charge is 2.33. The predicted molar refractivity (Wildman–Crippen MR) is 106 cm³/mol. The van der Waals surface area contributed by atoms with Gasteiger partial charge in [-0.05, 0) is 23.5 Å². The lowest BCUT2D eigenvalue weighted by Gasteiger charge is -2.26. The van der Waals surface area contributed by atoms with Crippen LogP contribution in [0.1, 0.15) is 38.3 Å². The summed E-state index contributed by atoms with van der Waals surface area (Å²) in [5, 5.41) is 14.2. The molecule has 0 aromatic heterocycles. The van der Waals surface area contributed by atoms with Crippen LogP contribution in [0.2, 0.25) is 0 Å². The summed E-state index contributed by atoms with van der Waals surface area (Å²) in [6.45, 7) is 5.90. The van der Waals surface area contributed by atoms with E-state index >= 15 is 0 Å². The Labute approximate surface area is 166 Å². The maximum atomic E-state index is 12.9.